The van der Waals surface area contributed by atoms with Crippen molar-refractivity contribution in [2.24, 2.45) is 0 Å². The molecule has 0 spiro atoms. The summed E-state index contributed by atoms with van der Waals surface area (Å²) in [5, 5.41) is 12.1. The normalized spacial score (nSPS) is 20.0. The summed E-state index contributed by atoms with van der Waals surface area (Å²) in [6.45, 7) is 3.88. The molecule has 0 bridgehead atoms. The lowest BCUT2D eigenvalue weighted by Crippen LogP contribution is -2.45. The molecule has 1 atom stereocenters. The van der Waals surface area contributed by atoms with Gasteiger partial charge in [0.15, 0.2) is 0 Å². The summed E-state index contributed by atoms with van der Waals surface area (Å²) in [5.41, 5.74) is 1.24. The van der Waals surface area contributed by atoms with Gasteiger partial charge in [-0.15, -0.1) is 0 Å². The first-order valence-electron chi connectivity index (χ1n) is 8.63. The van der Waals surface area contributed by atoms with Crippen LogP contribution >= 0.6 is 11.3 Å². The Morgan fingerprint density at radius 3 is 3.08 bits per heavy atom. The van der Waals surface area contributed by atoms with Crippen molar-refractivity contribution in [3.05, 3.63) is 34.0 Å². The summed E-state index contributed by atoms with van der Waals surface area (Å²) in [7, 11) is 0. The maximum absolute atomic E-state index is 12.7. The fourth-order valence-corrected chi connectivity index (χ4v) is 3.98. The number of rotatable bonds is 6. The standard InChI is InChI=1S/C17H23N5OS/c1-12-19-16-5-2-14(10-22(16)20-12)18-8-17(23)21(15-3-4-15)9-13-6-7-24-11-13/h6-7,11,14-15,18H,2-5,8-10H2,1H3. The Morgan fingerprint density at radius 1 is 1.46 bits per heavy atom. The van der Waals surface area contributed by atoms with Gasteiger partial charge < -0.3 is 10.2 Å². The largest absolute Gasteiger partial charge is 0.334 e. The van der Waals surface area contributed by atoms with Crippen molar-refractivity contribution in [2.45, 2.75) is 57.8 Å². The zero-order valence-electron chi connectivity index (χ0n) is 13.9. The number of hydrogen-bond acceptors (Lipinski definition) is 5. The lowest BCUT2D eigenvalue weighted by atomic mass is 10.1. The molecule has 1 aliphatic carbocycles. The zero-order valence-corrected chi connectivity index (χ0v) is 14.8. The fourth-order valence-electron chi connectivity index (χ4n) is 3.32. The quantitative estimate of drug-likeness (QED) is 0.866. The third kappa shape index (κ3) is 3.52. The smallest absolute Gasteiger partial charge is 0.237 e. The van der Waals surface area contributed by atoms with Gasteiger partial charge in [0.1, 0.15) is 11.6 Å². The third-order valence-electron chi connectivity index (χ3n) is 4.75. The van der Waals surface area contributed by atoms with Gasteiger partial charge in [-0.05, 0) is 48.6 Å². The van der Waals surface area contributed by atoms with Gasteiger partial charge in [0.25, 0.3) is 0 Å². The van der Waals surface area contributed by atoms with Crippen molar-refractivity contribution in [3.8, 4) is 0 Å². The highest BCUT2D eigenvalue weighted by molar-refractivity contribution is 7.07. The number of aryl methyl sites for hydroxylation is 2. The maximum Gasteiger partial charge on any atom is 0.237 e. The number of carbonyl (C=O) groups is 1. The first kappa shape index (κ1) is 15.8. The molecule has 24 heavy (non-hydrogen) atoms. The number of thiophene rings is 1. The van der Waals surface area contributed by atoms with Gasteiger partial charge in [-0.25, -0.2) is 9.67 Å². The van der Waals surface area contributed by atoms with E-state index in [0.29, 0.717) is 18.6 Å². The SMILES string of the molecule is Cc1nc2n(n1)CC(NCC(=O)N(Cc1ccsc1)C1CC1)CC2. The molecule has 0 aromatic carbocycles. The van der Waals surface area contributed by atoms with Gasteiger partial charge in [0.05, 0.1) is 13.1 Å². The fraction of sp³-hybridized carbons (Fsp3) is 0.588. The van der Waals surface area contributed by atoms with Crippen LogP contribution in [0.2, 0.25) is 0 Å². The Kier molecular flexibility index (Phi) is 4.37. The van der Waals surface area contributed by atoms with E-state index in [-0.39, 0.29) is 5.91 Å². The lowest BCUT2D eigenvalue weighted by Gasteiger charge is -2.26. The molecule has 6 nitrogen and oxygen atoms in total. The highest BCUT2D eigenvalue weighted by Crippen LogP contribution is 2.28. The Hall–Kier alpha value is -1.73. The predicted octanol–water partition coefficient (Wildman–Crippen LogP) is 1.74. The van der Waals surface area contributed by atoms with Gasteiger partial charge in [0, 0.05) is 25.0 Å². The molecule has 0 saturated heterocycles. The molecular weight excluding hydrogens is 322 g/mol. The van der Waals surface area contributed by atoms with Gasteiger partial charge >= 0.3 is 0 Å². The molecule has 1 unspecified atom stereocenters. The summed E-state index contributed by atoms with van der Waals surface area (Å²) >= 11 is 1.69. The third-order valence-corrected chi connectivity index (χ3v) is 5.48. The van der Waals surface area contributed by atoms with Crippen molar-refractivity contribution in [1.29, 1.82) is 0 Å². The molecule has 1 amide bonds. The first-order valence-corrected chi connectivity index (χ1v) is 9.57. The average Bonchev–Trinajstić information content (AvgIpc) is 3.14. The van der Waals surface area contributed by atoms with Crippen molar-refractivity contribution >= 4 is 17.2 Å². The Balaban J connectivity index is 1.32. The van der Waals surface area contributed by atoms with Crippen molar-refractivity contribution in [3.63, 3.8) is 0 Å². The lowest BCUT2D eigenvalue weighted by molar-refractivity contribution is -0.131. The van der Waals surface area contributed by atoms with Gasteiger partial charge in [0.2, 0.25) is 5.91 Å². The summed E-state index contributed by atoms with van der Waals surface area (Å²) in [6.07, 6.45) is 4.22. The predicted molar refractivity (Wildman–Crippen MR) is 92.8 cm³/mol. The molecule has 1 N–H and O–H groups in total. The number of nitrogens with zero attached hydrogens (tertiary/aromatic N) is 4. The van der Waals surface area contributed by atoms with E-state index in [1.807, 2.05) is 16.5 Å². The molecule has 1 aliphatic heterocycles. The van der Waals surface area contributed by atoms with Crippen LogP contribution < -0.4 is 5.32 Å². The first-order chi connectivity index (χ1) is 11.7. The molecule has 2 aliphatic rings. The second kappa shape index (κ2) is 6.64. The van der Waals surface area contributed by atoms with Gasteiger partial charge in [-0.3, -0.25) is 4.79 Å². The molecule has 1 saturated carbocycles. The molecule has 128 valence electrons. The van der Waals surface area contributed by atoms with Crippen LogP contribution in [0.5, 0.6) is 0 Å². The van der Waals surface area contributed by atoms with E-state index in [4.69, 9.17) is 0 Å². The molecule has 2 aromatic heterocycles. The van der Waals surface area contributed by atoms with E-state index < -0.39 is 0 Å². The van der Waals surface area contributed by atoms with E-state index in [2.05, 4.69) is 32.2 Å². The van der Waals surface area contributed by atoms with E-state index in [1.165, 1.54) is 5.56 Å². The van der Waals surface area contributed by atoms with E-state index >= 15 is 0 Å². The molecule has 2 aromatic rings. The number of amides is 1. The summed E-state index contributed by atoms with van der Waals surface area (Å²) in [4.78, 5) is 19.2. The topological polar surface area (TPSA) is 63.1 Å². The van der Waals surface area contributed by atoms with Gasteiger partial charge in [-0.2, -0.15) is 16.4 Å². The minimum Gasteiger partial charge on any atom is -0.334 e. The number of nitrogens with one attached hydrogen (secondary N) is 1. The Morgan fingerprint density at radius 2 is 2.33 bits per heavy atom. The second-order valence-corrected chi connectivity index (χ2v) is 7.54. The van der Waals surface area contributed by atoms with Crippen LogP contribution in [0.15, 0.2) is 16.8 Å². The molecular formula is C17H23N5OS. The molecule has 1 fully saturated rings. The van der Waals surface area contributed by atoms with Crippen LogP contribution in [0.4, 0.5) is 0 Å². The van der Waals surface area contributed by atoms with E-state index in [9.17, 15) is 4.79 Å². The van der Waals surface area contributed by atoms with Crippen LogP contribution in [-0.4, -0.2) is 44.2 Å². The summed E-state index contributed by atoms with van der Waals surface area (Å²) in [6, 6.07) is 2.84. The van der Waals surface area contributed by atoms with E-state index in [1.54, 1.807) is 11.3 Å². The monoisotopic (exact) mass is 345 g/mol. The van der Waals surface area contributed by atoms with Crippen LogP contribution in [0, 0.1) is 6.92 Å². The minimum absolute atomic E-state index is 0.212. The molecule has 4 rings (SSSR count). The second-order valence-electron chi connectivity index (χ2n) is 6.76. The van der Waals surface area contributed by atoms with Crippen molar-refractivity contribution in [2.75, 3.05) is 6.54 Å². The highest BCUT2D eigenvalue weighted by atomic mass is 32.1. The molecule has 7 heteroatoms. The molecule has 3 heterocycles. The van der Waals surface area contributed by atoms with Crippen molar-refractivity contribution in [1.82, 2.24) is 25.0 Å². The number of carbonyl (C=O) groups excluding carboxylic acids is 1. The molecule has 0 radical (unpaired) electrons. The van der Waals surface area contributed by atoms with E-state index in [0.717, 1.165) is 50.4 Å². The van der Waals surface area contributed by atoms with Crippen LogP contribution in [-0.2, 0) is 24.3 Å². The number of fused-ring (bicyclic) bond motifs is 1. The average molecular weight is 345 g/mol. The van der Waals surface area contributed by atoms with Crippen LogP contribution in [0.1, 0.15) is 36.5 Å². The Bertz CT molecular complexity index is 707. The number of aromatic nitrogens is 3. The highest BCUT2D eigenvalue weighted by Gasteiger charge is 2.32. The van der Waals surface area contributed by atoms with Crippen LogP contribution in [0.3, 0.4) is 0 Å². The van der Waals surface area contributed by atoms with Crippen molar-refractivity contribution < 1.29 is 4.79 Å². The van der Waals surface area contributed by atoms with Gasteiger partial charge in [-0.1, -0.05) is 0 Å². The maximum atomic E-state index is 12.7. The van der Waals surface area contributed by atoms with Crippen LogP contribution in [0.25, 0.3) is 0 Å². The summed E-state index contributed by atoms with van der Waals surface area (Å²) < 4.78 is 1.98. The zero-order chi connectivity index (χ0) is 16.5. The number of hydrogen-bond donors (Lipinski definition) is 1. The minimum atomic E-state index is 0.212. The Labute approximate surface area is 145 Å². The summed E-state index contributed by atoms with van der Waals surface area (Å²) in [5.74, 6) is 2.11.